The van der Waals surface area contributed by atoms with Crippen LogP contribution in [0.3, 0.4) is 0 Å². The minimum absolute atomic E-state index is 0.132. The molecule has 7 heteroatoms. The van der Waals surface area contributed by atoms with E-state index in [1.54, 1.807) is 43.4 Å². The Balaban J connectivity index is 1.47. The van der Waals surface area contributed by atoms with Crippen molar-refractivity contribution >= 4 is 23.3 Å². The molecule has 2 unspecified atom stereocenters. The molecular weight excluding hydrogens is 419 g/mol. The average molecular weight is 442 g/mol. The summed E-state index contributed by atoms with van der Waals surface area (Å²) >= 11 is 0. The predicted molar refractivity (Wildman–Crippen MR) is 125 cm³/mol. The Bertz CT molecular complexity index is 1270. The van der Waals surface area contributed by atoms with Crippen molar-refractivity contribution in [3.8, 4) is 0 Å². The molecule has 0 fully saturated rings. The van der Waals surface area contributed by atoms with Gasteiger partial charge >= 0.3 is 6.03 Å². The fourth-order valence-corrected chi connectivity index (χ4v) is 4.52. The van der Waals surface area contributed by atoms with Crippen LogP contribution in [0.1, 0.15) is 34.7 Å². The van der Waals surface area contributed by atoms with Crippen molar-refractivity contribution in [2.24, 2.45) is 4.99 Å². The molecule has 1 aliphatic carbocycles. The molecule has 3 amide bonds. The van der Waals surface area contributed by atoms with Crippen molar-refractivity contribution in [2.45, 2.75) is 25.0 Å². The normalized spacial score (nSPS) is 19.3. The van der Waals surface area contributed by atoms with Gasteiger partial charge in [-0.1, -0.05) is 54.6 Å². The largest absolute Gasteiger partial charge is 0.331 e. The van der Waals surface area contributed by atoms with E-state index in [4.69, 9.17) is 0 Å². The molecule has 2 N–H and O–H groups in total. The number of benzene rings is 3. The number of hydrogen-bond donors (Lipinski definition) is 2. The average Bonchev–Trinajstić information content (AvgIpc) is 3.20. The number of aryl methyl sites for hydroxylation is 1. The minimum atomic E-state index is -1.20. The fraction of sp³-hybridized carbons (Fsp3) is 0.192. The highest BCUT2D eigenvalue weighted by molar-refractivity contribution is 6.20. The summed E-state index contributed by atoms with van der Waals surface area (Å²) in [7, 11) is 1.63. The molecule has 0 saturated heterocycles. The maximum Gasteiger partial charge on any atom is 0.317 e. The first-order chi connectivity index (χ1) is 16.0. The van der Waals surface area contributed by atoms with Crippen molar-refractivity contribution in [1.29, 1.82) is 0 Å². The molecule has 0 saturated carbocycles. The molecule has 33 heavy (non-hydrogen) atoms. The molecule has 0 spiro atoms. The lowest BCUT2D eigenvalue weighted by Gasteiger charge is -2.22. The van der Waals surface area contributed by atoms with E-state index >= 15 is 0 Å². The second kappa shape index (κ2) is 8.50. The molecule has 2 aliphatic rings. The van der Waals surface area contributed by atoms with Gasteiger partial charge in [-0.05, 0) is 42.2 Å². The number of carbonyl (C=O) groups is 2. The molecule has 5 rings (SSSR count). The molecule has 1 aliphatic heterocycles. The van der Waals surface area contributed by atoms with Crippen molar-refractivity contribution in [1.82, 2.24) is 10.6 Å². The molecule has 3 aromatic carbocycles. The minimum Gasteiger partial charge on any atom is -0.331 e. The van der Waals surface area contributed by atoms with Gasteiger partial charge in [0.2, 0.25) is 6.17 Å². The van der Waals surface area contributed by atoms with Gasteiger partial charge in [0.1, 0.15) is 5.82 Å². The number of halogens is 1. The maximum absolute atomic E-state index is 14.7. The third-order valence-electron chi connectivity index (χ3n) is 6.18. The lowest BCUT2D eigenvalue weighted by molar-refractivity contribution is -0.119. The lowest BCUT2D eigenvalue weighted by atomic mass is 10.00. The summed E-state index contributed by atoms with van der Waals surface area (Å²) < 4.78 is 14.7. The van der Waals surface area contributed by atoms with Gasteiger partial charge in [0, 0.05) is 18.2 Å². The number of amides is 3. The smallest absolute Gasteiger partial charge is 0.317 e. The van der Waals surface area contributed by atoms with Crippen LogP contribution in [0.2, 0.25) is 0 Å². The van der Waals surface area contributed by atoms with Crippen LogP contribution in [0.25, 0.3) is 0 Å². The van der Waals surface area contributed by atoms with Crippen LogP contribution in [0.4, 0.5) is 14.9 Å². The summed E-state index contributed by atoms with van der Waals surface area (Å²) in [6, 6.07) is 20.8. The summed E-state index contributed by atoms with van der Waals surface area (Å²) in [5.74, 6) is -0.857. The van der Waals surface area contributed by atoms with Gasteiger partial charge in [-0.25, -0.2) is 14.2 Å². The zero-order chi connectivity index (χ0) is 22.9. The number of anilines is 1. The number of likely N-dealkylation sites (N-methyl/N-ethyl adjacent to an activating group) is 1. The SMILES string of the molecule is CN1C(=O)C(NC(=O)NC2CCc3ccccc32)N=C(c2ccccc2F)c2ccccc21. The highest BCUT2D eigenvalue weighted by Crippen LogP contribution is 2.31. The molecule has 0 bridgehead atoms. The van der Waals surface area contributed by atoms with Crippen molar-refractivity contribution < 1.29 is 14.0 Å². The Morgan fingerprint density at radius 3 is 2.48 bits per heavy atom. The number of nitrogens with zero attached hydrogens (tertiary/aromatic N) is 2. The summed E-state index contributed by atoms with van der Waals surface area (Å²) in [6.07, 6.45) is 0.478. The quantitative estimate of drug-likeness (QED) is 0.645. The maximum atomic E-state index is 14.7. The Morgan fingerprint density at radius 1 is 0.970 bits per heavy atom. The van der Waals surface area contributed by atoms with Gasteiger partial charge in [-0.2, -0.15) is 0 Å². The summed E-state index contributed by atoms with van der Waals surface area (Å²) in [5.41, 5.74) is 4.10. The number of rotatable bonds is 3. The fourth-order valence-electron chi connectivity index (χ4n) is 4.52. The Hall–Kier alpha value is -4.00. The van der Waals surface area contributed by atoms with Gasteiger partial charge in [-0.15, -0.1) is 0 Å². The van der Waals surface area contributed by atoms with E-state index < -0.39 is 23.9 Å². The van der Waals surface area contributed by atoms with Crippen LogP contribution in [-0.4, -0.2) is 30.9 Å². The summed E-state index contributed by atoms with van der Waals surface area (Å²) in [6.45, 7) is 0. The van der Waals surface area contributed by atoms with Crippen LogP contribution in [0.15, 0.2) is 77.8 Å². The Labute approximate surface area is 191 Å². The Morgan fingerprint density at radius 2 is 1.67 bits per heavy atom. The zero-order valence-corrected chi connectivity index (χ0v) is 18.1. The third-order valence-corrected chi connectivity index (χ3v) is 6.18. The number of urea groups is 1. The van der Waals surface area contributed by atoms with Gasteiger partial charge in [0.15, 0.2) is 0 Å². The van der Waals surface area contributed by atoms with Crippen LogP contribution < -0.4 is 15.5 Å². The lowest BCUT2D eigenvalue weighted by Crippen LogP contribution is -2.49. The van der Waals surface area contributed by atoms with Crippen molar-refractivity contribution in [3.05, 3.63) is 101 Å². The number of nitrogens with one attached hydrogen (secondary N) is 2. The molecule has 3 aromatic rings. The zero-order valence-electron chi connectivity index (χ0n) is 18.1. The van der Waals surface area contributed by atoms with E-state index in [1.165, 1.54) is 16.5 Å². The topological polar surface area (TPSA) is 73.8 Å². The van der Waals surface area contributed by atoms with Crippen molar-refractivity contribution in [2.75, 3.05) is 11.9 Å². The first-order valence-electron chi connectivity index (χ1n) is 10.9. The van der Waals surface area contributed by atoms with Crippen LogP contribution in [-0.2, 0) is 11.2 Å². The second-order valence-corrected chi connectivity index (χ2v) is 8.18. The van der Waals surface area contributed by atoms with Crippen LogP contribution >= 0.6 is 0 Å². The van der Waals surface area contributed by atoms with E-state index in [9.17, 15) is 14.0 Å². The molecule has 1 heterocycles. The number of carbonyl (C=O) groups excluding carboxylic acids is 2. The van der Waals surface area contributed by atoms with Gasteiger partial charge in [0.25, 0.3) is 5.91 Å². The molecule has 2 atom stereocenters. The molecule has 166 valence electrons. The third kappa shape index (κ3) is 3.86. The monoisotopic (exact) mass is 442 g/mol. The van der Waals surface area contributed by atoms with E-state index in [0.29, 0.717) is 17.0 Å². The van der Waals surface area contributed by atoms with Crippen LogP contribution in [0, 0.1) is 5.82 Å². The van der Waals surface area contributed by atoms with E-state index in [2.05, 4.69) is 21.7 Å². The molecule has 6 nitrogen and oxygen atoms in total. The van der Waals surface area contributed by atoms with Gasteiger partial charge < -0.3 is 15.5 Å². The number of aliphatic imine (C=N–C) groups is 1. The number of benzodiazepines with no additional fused rings is 1. The van der Waals surface area contributed by atoms with E-state index in [1.807, 2.05) is 24.3 Å². The Kier molecular flexibility index (Phi) is 5.38. The summed E-state index contributed by atoms with van der Waals surface area (Å²) in [5, 5.41) is 5.66. The molecule has 0 aromatic heterocycles. The predicted octanol–water partition coefficient (Wildman–Crippen LogP) is 3.95. The first-order valence-corrected chi connectivity index (χ1v) is 10.9. The van der Waals surface area contributed by atoms with Crippen LogP contribution in [0.5, 0.6) is 0 Å². The highest BCUT2D eigenvalue weighted by Gasteiger charge is 2.32. The van der Waals surface area contributed by atoms with E-state index in [-0.39, 0.29) is 11.6 Å². The van der Waals surface area contributed by atoms with Gasteiger partial charge in [-0.3, -0.25) is 4.79 Å². The first kappa shape index (κ1) is 20.9. The summed E-state index contributed by atoms with van der Waals surface area (Å²) in [4.78, 5) is 32.1. The van der Waals surface area contributed by atoms with Crippen molar-refractivity contribution in [3.63, 3.8) is 0 Å². The van der Waals surface area contributed by atoms with Gasteiger partial charge in [0.05, 0.1) is 17.4 Å². The number of para-hydroxylation sites is 1. The van der Waals surface area contributed by atoms with E-state index in [0.717, 1.165) is 18.4 Å². The molecular formula is C26H23FN4O2. The highest BCUT2D eigenvalue weighted by atomic mass is 19.1. The molecule has 0 radical (unpaired) electrons. The second-order valence-electron chi connectivity index (χ2n) is 8.18. The number of fused-ring (bicyclic) bond motifs is 2. The number of hydrogen-bond acceptors (Lipinski definition) is 3. The standard InChI is InChI=1S/C26H23FN4O2/c1-31-22-13-7-5-11-19(22)23(18-10-4-6-12-20(18)27)29-24(25(31)32)30-26(33)28-21-15-14-16-8-2-3-9-17(16)21/h2-13,21,24H,14-15H2,1H3,(H2,28,30,33).